The van der Waals surface area contributed by atoms with E-state index >= 15 is 0 Å². The van der Waals surface area contributed by atoms with Gasteiger partial charge in [0, 0.05) is 43.5 Å². The van der Waals surface area contributed by atoms with Gasteiger partial charge in [0.15, 0.2) is 0 Å². The zero-order valence-corrected chi connectivity index (χ0v) is 19.1. The molecule has 166 valence electrons. The normalized spacial score (nSPS) is 19.2. The van der Waals surface area contributed by atoms with Gasteiger partial charge in [-0.15, -0.1) is 0 Å². The minimum absolute atomic E-state index is 0.00448. The van der Waals surface area contributed by atoms with Crippen molar-refractivity contribution >= 4 is 27.3 Å². The van der Waals surface area contributed by atoms with E-state index in [0.717, 1.165) is 36.5 Å². The van der Waals surface area contributed by atoms with Gasteiger partial charge >= 0.3 is 0 Å². The molecule has 1 saturated heterocycles. The summed E-state index contributed by atoms with van der Waals surface area (Å²) in [5.41, 5.74) is 3.35. The van der Waals surface area contributed by atoms with Crippen LogP contribution in [0.3, 0.4) is 0 Å². The number of amides is 1. The maximum absolute atomic E-state index is 13.2. The van der Waals surface area contributed by atoms with Gasteiger partial charge in [-0.3, -0.25) is 9.10 Å². The summed E-state index contributed by atoms with van der Waals surface area (Å²) in [4.78, 5) is 17.4. The number of carbonyl (C=O) groups excluding carboxylic acids is 1. The quantitative estimate of drug-likeness (QED) is 0.727. The molecule has 1 amide bonds. The van der Waals surface area contributed by atoms with E-state index < -0.39 is 10.0 Å². The number of hydrogen-bond acceptors (Lipinski definition) is 5. The molecule has 0 radical (unpaired) electrons. The summed E-state index contributed by atoms with van der Waals surface area (Å²) in [6, 6.07) is 13.3. The molecule has 2 aromatic rings. The molecule has 2 heterocycles. The van der Waals surface area contributed by atoms with Gasteiger partial charge in [-0.05, 0) is 67.8 Å². The van der Waals surface area contributed by atoms with Crippen LogP contribution in [-0.2, 0) is 16.4 Å². The third kappa shape index (κ3) is 4.35. The van der Waals surface area contributed by atoms with Gasteiger partial charge in [-0.25, -0.2) is 8.42 Å². The monoisotopic (exact) mass is 443 g/mol. The fraction of sp³-hybridized carbons (Fsp3) is 0.435. The first-order valence-corrected chi connectivity index (χ1v) is 12.4. The third-order valence-electron chi connectivity index (χ3n) is 6.06. The molecule has 0 spiro atoms. The van der Waals surface area contributed by atoms with E-state index in [4.69, 9.17) is 4.74 Å². The molecular formula is C23H29N3O4S. The summed E-state index contributed by atoms with van der Waals surface area (Å²) in [6.45, 7) is 4.90. The lowest BCUT2D eigenvalue weighted by Crippen LogP contribution is -2.35. The lowest BCUT2D eigenvalue weighted by atomic mass is 10.1. The predicted octanol–water partition coefficient (Wildman–Crippen LogP) is 2.76. The fourth-order valence-electron chi connectivity index (χ4n) is 4.60. The Morgan fingerprint density at radius 3 is 2.45 bits per heavy atom. The summed E-state index contributed by atoms with van der Waals surface area (Å²) in [7, 11) is -1.68. The van der Waals surface area contributed by atoms with Crippen molar-refractivity contribution in [2.75, 3.05) is 48.7 Å². The fourth-order valence-corrected chi connectivity index (χ4v) is 5.86. The summed E-state index contributed by atoms with van der Waals surface area (Å²) >= 11 is 0. The molecule has 1 fully saturated rings. The van der Waals surface area contributed by atoms with Crippen LogP contribution in [-0.4, -0.2) is 64.8 Å². The van der Waals surface area contributed by atoms with Crippen molar-refractivity contribution in [2.24, 2.45) is 0 Å². The van der Waals surface area contributed by atoms with Crippen LogP contribution in [0, 0.1) is 0 Å². The molecule has 2 aliphatic heterocycles. The van der Waals surface area contributed by atoms with E-state index in [2.05, 4.69) is 4.90 Å². The lowest BCUT2D eigenvalue weighted by molar-refractivity contribution is 0.0767. The van der Waals surface area contributed by atoms with Crippen molar-refractivity contribution in [3.63, 3.8) is 0 Å². The number of fused-ring (bicyclic) bond motifs is 1. The van der Waals surface area contributed by atoms with Gasteiger partial charge in [0.05, 0.1) is 19.1 Å². The zero-order chi connectivity index (χ0) is 22.2. The van der Waals surface area contributed by atoms with Crippen molar-refractivity contribution in [1.82, 2.24) is 4.90 Å². The maximum Gasteiger partial charge on any atom is 0.253 e. The largest absolute Gasteiger partial charge is 0.497 e. The molecular weight excluding hydrogens is 414 g/mol. The van der Waals surface area contributed by atoms with Crippen molar-refractivity contribution in [3.8, 4) is 5.75 Å². The Morgan fingerprint density at radius 1 is 1.03 bits per heavy atom. The van der Waals surface area contributed by atoms with Crippen LogP contribution in [0.5, 0.6) is 5.75 Å². The topological polar surface area (TPSA) is 70.2 Å². The van der Waals surface area contributed by atoms with E-state index in [9.17, 15) is 13.2 Å². The van der Waals surface area contributed by atoms with Crippen LogP contribution in [0.15, 0.2) is 42.5 Å². The second-order valence-electron chi connectivity index (χ2n) is 8.29. The minimum atomic E-state index is -3.34. The number of ether oxygens (including phenoxy) is 1. The van der Waals surface area contributed by atoms with Crippen LogP contribution in [0.25, 0.3) is 0 Å². The Bertz CT molecular complexity index is 1070. The summed E-state index contributed by atoms with van der Waals surface area (Å²) in [6.07, 6.45) is 2.74. The van der Waals surface area contributed by atoms with E-state index in [1.54, 1.807) is 19.2 Å². The molecule has 2 aromatic carbocycles. The van der Waals surface area contributed by atoms with E-state index in [1.165, 1.54) is 10.6 Å². The molecule has 8 heteroatoms. The molecule has 1 atom stereocenters. The molecule has 31 heavy (non-hydrogen) atoms. The van der Waals surface area contributed by atoms with Gasteiger partial charge in [0.2, 0.25) is 10.0 Å². The van der Waals surface area contributed by atoms with E-state index in [0.29, 0.717) is 30.8 Å². The smallest absolute Gasteiger partial charge is 0.253 e. The highest BCUT2D eigenvalue weighted by Crippen LogP contribution is 2.35. The number of benzene rings is 2. The Balaban J connectivity index is 1.47. The molecule has 7 nitrogen and oxygen atoms in total. The molecule has 0 aromatic heterocycles. The second kappa shape index (κ2) is 8.42. The first-order chi connectivity index (χ1) is 14.8. The molecule has 0 aliphatic carbocycles. The average Bonchev–Trinajstić information content (AvgIpc) is 2.91. The highest BCUT2D eigenvalue weighted by molar-refractivity contribution is 7.92. The molecule has 2 aliphatic rings. The highest BCUT2D eigenvalue weighted by atomic mass is 32.2. The SMILES string of the molecule is COc1ccc(N2CCCN(C(=O)c3ccc4c(c3)CC(C)N4S(C)(=O)=O)CC2)cc1. The Labute approximate surface area is 184 Å². The molecule has 0 bridgehead atoms. The van der Waals surface area contributed by atoms with E-state index in [-0.39, 0.29) is 11.9 Å². The number of anilines is 2. The Kier molecular flexibility index (Phi) is 5.83. The highest BCUT2D eigenvalue weighted by Gasteiger charge is 2.33. The number of nitrogens with zero attached hydrogens (tertiary/aromatic N) is 3. The summed E-state index contributed by atoms with van der Waals surface area (Å²) in [5, 5.41) is 0. The molecule has 1 unspecified atom stereocenters. The van der Waals surface area contributed by atoms with Crippen LogP contribution < -0.4 is 13.9 Å². The predicted molar refractivity (Wildman–Crippen MR) is 123 cm³/mol. The summed E-state index contributed by atoms with van der Waals surface area (Å²) in [5.74, 6) is 0.834. The van der Waals surface area contributed by atoms with Gasteiger partial charge in [0.25, 0.3) is 5.91 Å². The molecule has 4 rings (SSSR count). The minimum Gasteiger partial charge on any atom is -0.497 e. The molecule has 0 saturated carbocycles. The van der Waals surface area contributed by atoms with Crippen LogP contribution >= 0.6 is 0 Å². The number of sulfonamides is 1. The van der Waals surface area contributed by atoms with Gasteiger partial charge in [-0.1, -0.05) is 0 Å². The summed E-state index contributed by atoms with van der Waals surface area (Å²) < 4.78 is 31.0. The van der Waals surface area contributed by atoms with Crippen molar-refractivity contribution in [3.05, 3.63) is 53.6 Å². The van der Waals surface area contributed by atoms with Crippen molar-refractivity contribution in [1.29, 1.82) is 0 Å². The van der Waals surface area contributed by atoms with Crippen LogP contribution in [0.1, 0.15) is 29.3 Å². The van der Waals surface area contributed by atoms with Crippen LogP contribution in [0.2, 0.25) is 0 Å². The molecule has 0 N–H and O–H groups in total. The number of rotatable bonds is 4. The van der Waals surface area contributed by atoms with Crippen molar-refractivity contribution in [2.45, 2.75) is 25.8 Å². The van der Waals surface area contributed by atoms with Gasteiger partial charge in [-0.2, -0.15) is 0 Å². The van der Waals surface area contributed by atoms with Gasteiger partial charge in [0.1, 0.15) is 5.75 Å². The number of methoxy groups -OCH3 is 1. The lowest BCUT2D eigenvalue weighted by Gasteiger charge is -2.24. The maximum atomic E-state index is 13.2. The number of hydrogen-bond donors (Lipinski definition) is 0. The van der Waals surface area contributed by atoms with Crippen molar-refractivity contribution < 1.29 is 17.9 Å². The number of carbonyl (C=O) groups is 1. The third-order valence-corrected chi connectivity index (χ3v) is 7.33. The first kappa shape index (κ1) is 21.5. The zero-order valence-electron chi connectivity index (χ0n) is 18.2. The van der Waals surface area contributed by atoms with Crippen LogP contribution in [0.4, 0.5) is 11.4 Å². The Hall–Kier alpha value is -2.74. The average molecular weight is 444 g/mol. The Morgan fingerprint density at radius 2 is 1.77 bits per heavy atom. The standard InChI is InChI=1S/C23H29N3O4S/c1-17-15-19-16-18(5-10-22(19)26(17)31(3,28)29)23(27)25-12-4-11-24(13-14-25)20-6-8-21(30-2)9-7-20/h5-10,16-17H,4,11-15H2,1-3H3. The van der Waals surface area contributed by atoms with E-state index in [1.807, 2.05) is 42.2 Å². The second-order valence-corrected chi connectivity index (χ2v) is 10.1. The first-order valence-electron chi connectivity index (χ1n) is 10.6. The van der Waals surface area contributed by atoms with Gasteiger partial charge < -0.3 is 14.5 Å².